The molecule has 1 aromatic heterocycles. The Kier molecular flexibility index (Phi) is 6.89. The summed E-state index contributed by atoms with van der Waals surface area (Å²) >= 11 is 0. The van der Waals surface area contributed by atoms with E-state index in [4.69, 9.17) is 24.4 Å². The fraction of sp³-hybridized carbons (Fsp3) is 0.143. The molecule has 6 rings (SSSR count). The largest absolute Gasteiger partial charge is 0.489 e. The number of carbonyl (C=O) groups excluding carboxylic acids is 1. The van der Waals surface area contributed by atoms with Crippen molar-refractivity contribution < 1.29 is 23.4 Å². The summed E-state index contributed by atoms with van der Waals surface area (Å²) < 4.78 is 23.5. The lowest BCUT2D eigenvalue weighted by atomic mass is 9.83. The summed E-state index contributed by atoms with van der Waals surface area (Å²) in [5, 5.41) is 10.9. The van der Waals surface area contributed by atoms with Gasteiger partial charge in [0.25, 0.3) is 0 Å². The van der Waals surface area contributed by atoms with Gasteiger partial charge >= 0.3 is 5.97 Å². The Morgan fingerprint density at radius 3 is 2.55 bits per heavy atom. The van der Waals surface area contributed by atoms with Gasteiger partial charge in [-0.2, -0.15) is 5.26 Å². The van der Waals surface area contributed by atoms with E-state index in [9.17, 15) is 10.1 Å². The Labute approximate surface area is 243 Å². The number of allylic oxidation sites excluding steroid dienone is 1. The predicted octanol–water partition coefficient (Wildman–Crippen LogP) is 7.37. The molecule has 42 heavy (non-hydrogen) atoms. The Hall–Kier alpha value is -5.48. The predicted molar refractivity (Wildman–Crippen MR) is 158 cm³/mol. The lowest BCUT2D eigenvalue weighted by Crippen LogP contribution is -2.21. The van der Waals surface area contributed by atoms with Crippen LogP contribution in [-0.2, 0) is 6.61 Å². The van der Waals surface area contributed by atoms with Crippen LogP contribution >= 0.6 is 0 Å². The molecule has 1 aliphatic rings. The number of nitriles is 1. The zero-order valence-corrected chi connectivity index (χ0v) is 23.4. The van der Waals surface area contributed by atoms with Crippen LogP contribution in [0.15, 0.2) is 101 Å². The molecule has 1 unspecified atom stereocenters. The van der Waals surface area contributed by atoms with Crippen LogP contribution < -0.4 is 19.9 Å². The molecule has 0 radical (unpaired) electrons. The fourth-order valence-electron chi connectivity index (χ4n) is 5.50. The van der Waals surface area contributed by atoms with Crippen LogP contribution in [0.5, 0.6) is 17.2 Å². The number of ether oxygens (including phenoxy) is 3. The normalized spacial score (nSPS) is 14.2. The first-order valence-electron chi connectivity index (χ1n) is 13.5. The van der Waals surface area contributed by atoms with Gasteiger partial charge in [0.1, 0.15) is 41.1 Å². The number of furan rings is 1. The van der Waals surface area contributed by atoms with Gasteiger partial charge in [0.15, 0.2) is 0 Å². The van der Waals surface area contributed by atoms with Gasteiger partial charge in [-0.25, -0.2) is 4.79 Å². The maximum absolute atomic E-state index is 13.2. The molecular formula is C35H28N2O5. The molecule has 5 aromatic rings. The van der Waals surface area contributed by atoms with Gasteiger partial charge < -0.3 is 24.4 Å². The van der Waals surface area contributed by atoms with Gasteiger partial charge in [0.2, 0.25) is 11.6 Å². The first-order valence-corrected chi connectivity index (χ1v) is 13.5. The van der Waals surface area contributed by atoms with E-state index in [-0.39, 0.29) is 23.0 Å². The van der Waals surface area contributed by atoms with Crippen LogP contribution in [0.4, 0.5) is 0 Å². The van der Waals surface area contributed by atoms with Gasteiger partial charge in [-0.3, -0.25) is 0 Å². The highest BCUT2D eigenvalue weighted by Gasteiger charge is 2.31. The third-order valence-corrected chi connectivity index (χ3v) is 7.40. The second-order valence-corrected chi connectivity index (χ2v) is 10.4. The average molecular weight is 557 g/mol. The molecule has 0 amide bonds. The van der Waals surface area contributed by atoms with E-state index in [2.05, 4.69) is 12.1 Å². The third-order valence-electron chi connectivity index (χ3n) is 7.40. The molecule has 208 valence electrons. The summed E-state index contributed by atoms with van der Waals surface area (Å²) in [7, 11) is 0. The van der Waals surface area contributed by atoms with E-state index in [1.807, 2.05) is 81.4 Å². The highest BCUT2D eigenvalue weighted by Crippen LogP contribution is 2.44. The van der Waals surface area contributed by atoms with E-state index >= 15 is 0 Å². The molecule has 1 aliphatic heterocycles. The topological polar surface area (TPSA) is 108 Å². The molecule has 7 nitrogen and oxygen atoms in total. The van der Waals surface area contributed by atoms with Gasteiger partial charge in [-0.1, -0.05) is 54.6 Å². The lowest BCUT2D eigenvalue weighted by Gasteiger charge is -2.27. The lowest BCUT2D eigenvalue weighted by molar-refractivity contribution is 0.0702. The molecule has 2 heterocycles. The van der Waals surface area contributed by atoms with Crippen LogP contribution in [0, 0.1) is 32.1 Å². The number of fused-ring (bicyclic) bond motifs is 2. The molecule has 0 bridgehead atoms. The molecular weight excluding hydrogens is 528 g/mol. The van der Waals surface area contributed by atoms with Crippen LogP contribution in [0.1, 0.15) is 49.9 Å². The van der Waals surface area contributed by atoms with Crippen molar-refractivity contribution in [2.75, 3.05) is 0 Å². The van der Waals surface area contributed by atoms with Crippen molar-refractivity contribution >= 4 is 16.9 Å². The number of carbonyl (C=O) groups is 1. The first-order chi connectivity index (χ1) is 20.3. The van der Waals surface area contributed by atoms with E-state index in [0.29, 0.717) is 29.3 Å². The zero-order valence-electron chi connectivity index (χ0n) is 23.4. The molecule has 0 fully saturated rings. The average Bonchev–Trinajstić information content (AvgIpc) is 3.32. The number of rotatable bonds is 6. The molecule has 0 spiro atoms. The van der Waals surface area contributed by atoms with Crippen LogP contribution in [0.25, 0.3) is 11.0 Å². The van der Waals surface area contributed by atoms with Crippen LogP contribution in [-0.4, -0.2) is 5.97 Å². The van der Waals surface area contributed by atoms with E-state index in [1.165, 1.54) is 0 Å². The van der Waals surface area contributed by atoms with Crippen molar-refractivity contribution in [2.24, 2.45) is 5.73 Å². The Bertz CT molecular complexity index is 1910. The van der Waals surface area contributed by atoms with Crippen LogP contribution in [0.3, 0.4) is 0 Å². The summed E-state index contributed by atoms with van der Waals surface area (Å²) in [6.45, 7) is 6.23. The Morgan fingerprint density at radius 2 is 1.76 bits per heavy atom. The van der Waals surface area contributed by atoms with Crippen molar-refractivity contribution in [1.29, 1.82) is 5.26 Å². The van der Waals surface area contributed by atoms with Crippen molar-refractivity contribution in [3.63, 3.8) is 0 Å². The second-order valence-electron chi connectivity index (χ2n) is 10.4. The number of nitrogens with zero attached hydrogens (tertiary/aromatic N) is 1. The standard InChI is InChI=1S/C35H28N2O5/c1-20-14-21(2)31-22(3)33(41-30(31)15-20)35(38)40-26-12-13-27-29(17-26)42-34(37)28(18-36)32(27)24-10-7-11-25(16-24)39-19-23-8-5-4-6-9-23/h4-17,32H,19,37H2,1-3H3. The minimum absolute atomic E-state index is 0.00643. The number of hydrogen-bond acceptors (Lipinski definition) is 7. The number of nitrogens with two attached hydrogens (primary N) is 1. The molecule has 1 atom stereocenters. The van der Waals surface area contributed by atoms with Crippen molar-refractivity contribution in [2.45, 2.75) is 33.3 Å². The smallest absolute Gasteiger partial charge is 0.379 e. The second kappa shape index (κ2) is 10.8. The Morgan fingerprint density at radius 1 is 0.952 bits per heavy atom. The summed E-state index contributed by atoms with van der Waals surface area (Å²) in [5.74, 6) is 0.355. The minimum Gasteiger partial charge on any atom is -0.489 e. The maximum atomic E-state index is 13.2. The number of aryl methyl sites for hydroxylation is 3. The maximum Gasteiger partial charge on any atom is 0.379 e. The highest BCUT2D eigenvalue weighted by atomic mass is 16.5. The summed E-state index contributed by atoms with van der Waals surface area (Å²) in [4.78, 5) is 13.2. The van der Waals surface area contributed by atoms with Gasteiger partial charge in [-0.05, 0) is 67.3 Å². The van der Waals surface area contributed by atoms with Gasteiger partial charge in [0, 0.05) is 22.6 Å². The quantitative estimate of drug-likeness (QED) is 0.172. The summed E-state index contributed by atoms with van der Waals surface area (Å²) in [6, 6.07) is 28.7. The van der Waals surface area contributed by atoms with E-state index in [0.717, 1.165) is 33.2 Å². The number of hydrogen-bond donors (Lipinski definition) is 1. The summed E-state index contributed by atoms with van der Waals surface area (Å²) in [5.41, 5.74) is 12.5. The minimum atomic E-state index is -0.613. The van der Waals surface area contributed by atoms with Crippen molar-refractivity contribution in [3.8, 4) is 23.3 Å². The summed E-state index contributed by atoms with van der Waals surface area (Å²) in [6.07, 6.45) is 0. The molecule has 2 N–H and O–H groups in total. The fourth-order valence-corrected chi connectivity index (χ4v) is 5.50. The number of benzene rings is 4. The van der Waals surface area contributed by atoms with E-state index < -0.39 is 11.9 Å². The third kappa shape index (κ3) is 4.95. The molecule has 7 heteroatoms. The zero-order chi connectivity index (χ0) is 29.4. The van der Waals surface area contributed by atoms with E-state index in [1.54, 1.807) is 18.2 Å². The SMILES string of the molecule is Cc1cc(C)c2c(C)c(C(=O)Oc3ccc4c(c3)OC(N)=C(C#N)C4c3cccc(OCc4ccccc4)c3)oc2c1. The Balaban J connectivity index is 1.29. The van der Waals surface area contributed by atoms with Gasteiger partial charge in [-0.15, -0.1) is 0 Å². The van der Waals surface area contributed by atoms with Crippen molar-refractivity contribution in [3.05, 3.63) is 136 Å². The first kappa shape index (κ1) is 26.7. The highest BCUT2D eigenvalue weighted by molar-refractivity contribution is 5.98. The molecule has 0 saturated heterocycles. The number of esters is 1. The molecule has 4 aromatic carbocycles. The molecule has 0 saturated carbocycles. The molecule has 0 aliphatic carbocycles. The van der Waals surface area contributed by atoms with Gasteiger partial charge in [0.05, 0.1) is 5.92 Å². The monoisotopic (exact) mass is 556 g/mol. The van der Waals surface area contributed by atoms with Crippen molar-refractivity contribution in [1.82, 2.24) is 0 Å². The van der Waals surface area contributed by atoms with Crippen LogP contribution in [0.2, 0.25) is 0 Å².